The molecule has 1 aromatic heterocycles. The standard InChI is InChI=1S/C13H10Br2N2O/c1-8-2-3-11(15)12(4-8)17-13(18)9-5-10(14)7-16-6-9/h2-7H,1H3,(H,17,18). The van der Waals surface area contributed by atoms with Gasteiger partial charge in [-0.05, 0) is 62.5 Å². The van der Waals surface area contributed by atoms with Crippen LogP contribution in [0.15, 0.2) is 45.6 Å². The van der Waals surface area contributed by atoms with Crippen molar-refractivity contribution in [1.82, 2.24) is 4.98 Å². The third-order valence-corrected chi connectivity index (χ3v) is 3.46. The van der Waals surface area contributed by atoms with Gasteiger partial charge in [0.25, 0.3) is 5.91 Å². The number of nitrogens with one attached hydrogen (secondary N) is 1. The van der Waals surface area contributed by atoms with Crippen LogP contribution in [0.5, 0.6) is 0 Å². The highest BCUT2D eigenvalue weighted by Gasteiger charge is 2.09. The van der Waals surface area contributed by atoms with E-state index in [1.807, 2.05) is 25.1 Å². The molecule has 2 aromatic rings. The molecule has 0 fully saturated rings. The van der Waals surface area contributed by atoms with Gasteiger partial charge in [-0.15, -0.1) is 0 Å². The summed E-state index contributed by atoms with van der Waals surface area (Å²) >= 11 is 6.70. The van der Waals surface area contributed by atoms with Crippen molar-refractivity contribution in [2.75, 3.05) is 5.32 Å². The van der Waals surface area contributed by atoms with E-state index in [1.165, 1.54) is 6.20 Å². The van der Waals surface area contributed by atoms with Crippen molar-refractivity contribution >= 4 is 43.5 Å². The number of halogens is 2. The van der Waals surface area contributed by atoms with Crippen molar-refractivity contribution in [3.63, 3.8) is 0 Å². The lowest BCUT2D eigenvalue weighted by Gasteiger charge is -2.08. The van der Waals surface area contributed by atoms with Gasteiger partial charge < -0.3 is 5.32 Å². The number of carbonyl (C=O) groups excluding carboxylic acids is 1. The molecule has 0 aliphatic carbocycles. The predicted octanol–water partition coefficient (Wildman–Crippen LogP) is 4.17. The van der Waals surface area contributed by atoms with Crippen molar-refractivity contribution in [3.8, 4) is 0 Å². The van der Waals surface area contributed by atoms with Crippen LogP contribution >= 0.6 is 31.9 Å². The van der Waals surface area contributed by atoms with Crippen LogP contribution in [-0.2, 0) is 0 Å². The zero-order valence-electron chi connectivity index (χ0n) is 9.58. The first kappa shape index (κ1) is 13.2. The third-order valence-electron chi connectivity index (χ3n) is 2.34. The molecule has 0 atom stereocenters. The molecule has 18 heavy (non-hydrogen) atoms. The van der Waals surface area contributed by atoms with Crippen LogP contribution in [0.1, 0.15) is 15.9 Å². The molecule has 1 amide bonds. The van der Waals surface area contributed by atoms with Crippen LogP contribution < -0.4 is 5.32 Å². The fourth-order valence-corrected chi connectivity index (χ4v) is 2.18. The van der Waals surface area contributed by atoms with Crippen LogP contribution in [-0.4, -0.2) is 10.9 Å². The summed E-state index contributed by atoms with van der Waals surface area (Å²) in [7, 11) is 0. The Balaban J connectivity index is 2.24. The minimum absolute atomic E-state index is 0.185. The molecule has 0 aliphatic rings. The van der Waals surface area contributed by atoms with Gasteiger partial charge in [-0.2, -0.15) is 0 Å². The van der Waals surface area contributed by atoms with E-state index in [1.54, 1.807) is 12.3 Å². The van der Waals surface area contributed by atoms with Crippen molar-refractivity contribution in [1.29, 1.82) is 0 Å². The van der Waals surface area contributed by atoms with Gasteiger partial charge in [0.1, 0.15) is 0 Å². The van der Waals surface area contributed by atoms with Crippen LogP contribution in [0.4, 0.5) is 5.69 Å². The molecule has 0 unspecified atom stereocenters. The molecule has 3 nitrogen and oxygen atoms in total. The topological polar surface area (TPSA) is 42.0 Å². The highest BCUT2D eigenvalue weighted by Crippen LogP contribution is 2.24. The molecule has 1 N–H and O–H groups in total. The monoisotopic (exact) mass is 368 g/mol. The molecule has 92 valence electrons. The lowest BCUT2D eigenvalue weighted by Crippen LogP contribution is -2.12. The van der Waals surface area contributed by atoms with Crippen molar-refractivity contribution in [2.24, 2.45) is 0 Å². The lowest BCUT2D eigenvalue weighted by molar-refractivity contribution is 0.102. The summed E-state index contributed by atoms with van der Waals surface area (Å²) in [6, 6.07) is 7.52. The summed E-state index contributed by atoms with van der Waals surface area (Å²) in [5, 5.41) is 2.85. The van der Waals surface area contributed by atoms with Crippen molar-refractivity contribution < 1.29 is 4.79 Å². The number of anilines is 1. The number of benzene rings is 1. The molecule has 0 aliphatic heterocycles. The molecule has 1 aromatic carbocycles. The Bertz CT molecular complexity index is 599. The molecule has 0 saturated carbocycles. The highest BCUT2D eigenvalue weighted by atomic mass is 79.9. The summed E-state index contributed by atoms with van der Waals surface area (Å²) in [5.74, 6) is -0.185. The van der Waals surface area contributed by atoms with E-state index in [4.69, 9.17) is 0 Å². The second-order valence-corrected chi connectivity index (χ2v) is 5.60. The van der Waals surface area contributed by atoms with E-state index >= 15 is 0 Å². The second kappa shape index (κ2) is 5.63. The summed E-state index contributed by atoms with van der Waals surface area (Å²) in [5.41, 5.74) is 2.35. The van der Waals surface area contributed by atoms with Gasteiger partial charge in [0, 0.05) is 21.3 Å². The second-order valence-electron chi connectivity index (χ2n) is 3.83. The smallest absolute Gasteiger partial charge is 0.257 e. The summed E-state index contributed by atoms with van der Waals surface area (Å²) in [6.07, 6.45) is 3.17. The Morgan fingerprint density at radius 2 is 2.00 bits per heavy atom. The first-order chi connectivity index (χ1) is 8.56. The van der Waals surface area contributed by atoms with E-state index in [2.05, 4.69) is 42.2 Å². The maximum atomic E-state index is 12.0. The predicted molar refractivity (Wildman–Crippen MR) is 78.8 cm³/mol. The molecule has 0 saturated heterocycles. The van der Waals surface area contributed by atoms with Crippen molar-refractivity contribution in [2.45, 2.75) is 6.92 Å². The van der Waals surface area contributed by atoms with Gasteiger partial charge in [0.15, 0.2) is 0 Å². The summed E-state index contributed by atoms with van der Waals surface area (Å²) < 4.78 is 1.63. The molecule has 1 heterocycles. The average Bonchev–Trinajstić information content (AvgIpc) is 2.34. The highest BCUT2D eigenvalue weighted by molar-refractivity contribution is 9.10. The Kier molecular flexibility index (Phi) is 4.14. The van der Waals surface area contributed by atoms with Gasteiger partial charge >= 0.3 is 0 Å². The average molecular weight is 370 g/mol. The van der Waals surface area contributed by atoms with E-state index in [0.29, 0.717) is 5.56 Å². The maximum absolute atomic E-state index is 12.0. The Morgan fingerprint density at radius 3 is 2.72 bits per heavy atom. The zero-order valence-corrected chi connectivity index (χ0v) is 12.7. The quantitative estimate of drug-likeness (QED) is 0.863. The number of carbonyl (C=O) groups is 1. The van der Waals surface area contributed by atoms with Gasteiger partial charge in [0.2, 0.25) is 0 Å². The van der Waals surface area contributed by atoms with Crippen LogP contribution in [0, 0.1) is 6.92 Å². The first-order valence-corrected chi connectivity index (χ1v) is 6.83. The molecule has 0 radical (unpaired) electrons. The minimum atomic E-state index is -0.185. The van der Waals surface area contributed by atoms with Gasteiger partial charge in [-0.25, -0.2) is 0 Å². The molecule has 0 spiro atoms. The number of pyridine rings is 1. The molecule has 5 heteroatoms. The Morgan fingerprint density at radius 1 is 1.22 bits per heavy atom. The van der Waals surface area contributed by atoms with E-state index in [0.717, 1.165) is 20.2 Å². The number of amides is 1. The van der Waals surface area contributed by atoms with Gasteiger partial charge in [0.05, 0.1) is 11.3 Å². The van der Waals surface area contributed by atoms with Crippen LogP contribution in [0.3, 0.4) is 0 Å². The number of hydrogen-bond donors (Lipinski definition) is 1. The van der Waals surface area contributed by atoms with E-state index < -0.39 is 0 Å². The minimum Gasteiger partial charge on any atom is -0.321 e. The number of hydrogen-bond acceptors (Lipinski definition) is 2. The number of aromatic nitrogens is 1. The molecular formula is C13H10Br2N2O. The lowest BCUT2D eigenvalue weighted by atomic mass is 10.2. The van der Waals surface area contributed by atoms with Crippen LogP contribution in [0.25, 0.3) is 0 Å². The van der Waals surface area contributed by atoms with E-state index in [-0.39, 0.29) is 5.91 Å². The first-order valence-electron chi connectivity index (χ1n) is 5.24. The third kappa shape index (κ3) is 3.17. The normalized spacial score (nSPS) is 10.2. The number of nitrogens with zero attached hydrogens (tertiary/aromatic N) is 1. The SMILES string of the molecule is Cc1ccc(Br)c(NC(=O)c2cncc(Br)c2)c1. The zero-order chi connectivity index (χ0) is 13.1. The molecule has 0 bridgehead atoms. The van der Waals surface area contributed by atoms with Gasteiger partial charge in [-0.3, -0.25) is 9.78 Å². The van der Waals surface area contributed by atoms with Gasteiger partial charge in [-0.1, -0.05) is 6.07 Å². The Hall–Kier alpha value is -1.20. The fraction of sp³-hybridized carbons (Fsp3) is 0.0769. The Labute approximate surface area is 122 Å². The summed E-state index contributed by atoms with van der Waals surface area (Å²) in [4.78, 5) is 16.0. The summed E-state index contributed by atoms with van der Waals surface area (Å²) in [6.45, 7) is 1.97. The number of aryl methyl sites for hydroxylation is 1. The van der Waals surface area contributed by atoms with Crippen molar-refractivity contribution in [3.05, 3.63) is 56.7 Å². The van der Waals surface area contributed by atoms with Crippen LogP contribution in [0.2, 0.25) is 0 Å². The fourth-order valence-electron chi connectivity index (χ4n) is 1.47. The maximum Gasteiger partial charge on any atom is 0.257 e. The number of rotatable bonds is 2. The molecular weight excluding hydrogens is 360 g/mol. The largest absolute Gasteiger partial charge is 0.321 e. The molecule has 2 rings (SSSR count). The van der Waals surface area contributed by atoms with E-state index in [9.17, 15) is 4.79 Å².